The molecule has 4 heterocycles. The van der Waals surface area contributed by atoms with Crippen LogP contribution in [0.4, 0.5) is 0 Å². The van der Waals surface area contributed by atoms with Crippen molar-refractivity contribution in [3.05, 3.63) is 182 Å². The summed E-state index contributed by atoms with van der Waals surface area (Å²) in [6.07, 6.45) is 0. The van der Waals surface area contributed by atoms with Gasteiger partial charge in [0, 0.05) is 53.7 Å². The Labute approximate surface area is 330 Å². The maximum Gasteiger partial charge on any atom is 0.164 e. The molecule has 266 valence electrons. The fourth-order valence-electron chi connectivity index (χ4n) is 8.44. The number of thiophene rings is 1. The van der Waals surface area contributed by atoms with Crippen molar-refractivity contribution in [2.75, 3.05) is 0 Å². The molecule has 0 saturated heterocycles. The van der Waals surface area contributed by atoms with E-state index in [9.17, 15) is 0 Å². The fraction of sp³-hybridized carbons (Fsp3) is 0. The first kappa shape index (κ1) is 31.9. The molecule has 57 heavy (non-hydrogen) atoms. The Balaban J connectivity index is 1.02. The van der Waals surface area contributed by atoms with Crippen LogP contribution in [0.2, 0.25) is 0 Å². The number of hydrogen-bond acceptors (Lipinski definition) is 5. The minimum absolute atomic E-state index is 0.603. The SMILES string of the molecule is c1ccc(-c2nc(-c3ccccc3)nc(-c3cccc4oc5ccc(-c6ccc7sc8c(-n9c%10ccccc%10c%10ccccc%109)cccc8c7c6)cc5c34)n2)cc1. The molecule has 0 spiro atoms. The normalized spacial score (nSPS) is 11.9. The van der Waals surface area contributed by atoms with Crippen molar-refractivity contribution >= 4 is 75.3 Å². The van der Waals surface area contributed by atoms with Crippen molar-refractivity contribution in [2.24, 2.45) is 0 Å². The van der Waals surface area contributed by atoms with Gasteiger partial charge in [-0.2, -0.15) is 0 Å². The average molecular weight is 747 g/mol. The van der Waals surface area contributed by atoms with Gasteiger partial charge < -0.3 is 8.98 Å². The first-order valence-electron chi connectivity index (χ1n) is 19.0. The quantitative estimate of drug-likeness (QED) is 0.176. The summed E-state index contributed by atoms with van der Waals surface area (Å²) in [7, 11) is 0. The van der Waals surface area contributed by atoms with Crippen LogP contribution >= 0.6 is 11.3 Å². The Hall–Kier alpha value is -7.41. The lowest BCUT2D eigenvalue weighted by Crippen LogP contribution is -2.00. The lowest BCUT2D eigenvalue weighted by Gasteiger charge is -2.09. The highest BCUT2D eigenvalue weighted by molar-refractivity contribution is 7.26. The van der Waals surface area contributed by atoms with Gasteiger partial charge in [0.2, 0.25) is 0 Å². The molecule has 0 bridgehead atoms. The molecular formula is C51H30N4OS. The van der Waals surface area contributed by atoms with Gasteiger partial charge in [0.25, 0.3) is 0 Å². The van der Waals surface area contributed by atoms with E-state index in [-0.39, 0.29) is 0 Å². The van der Waals surface area contributed by atoms with Crippen LogP contribution in [0.3, 0.4) is 0 Å². The molecule has 0 fully saturated rings. The third kappa shape index (κ3) is 5.04. The van der Waals surface area contributed by atoms with Crippen LogP contribution < -0.4 is 0 Å². The van der Waals surface area contributed by atoms with Crippen molar-refractivity contribution in [1.29, 1.82) is 0 Å². The number of furan rings is 1. The summed E-state index contributed by atoms with van der Waals surface area (Å²) in [6.45, 7) is 0. The molecule has 4 aromatic heterocycles. The molecule has 0 atom stereocenters. The van der Waals surface area contributed by atoms with Gasteiger partial charge in [-0.05, 0) is 59.7 Å². The summed E-state index contributed by atoms with van der Waals surface area (Å²) >= 11 is 1.86. The van der Waals surface area contributed by atoms with Crippen LogP contribution in [0.15, 0.2) is 186 Å². The highest BCUT2D eigenvalue weighted by atomic mass is 32.1. The van der Waals surface area contributed by atoms with E-state index in [1.165, 1.54) is 47.7 Å². The lowest BCUT2D eigenvalue weighted by molar-refractivity contribution is 0.669. The Bertz CT molecular complexity index is 3420. The minimum Gasteiger partial charge on any atom is -0.456 e. The number of rotatable bonds is 5. The molecule has 0 aliphatic rings. The average Bonchev–Trinajstić information content (AvgIpc) is 3.96. The molecule has 0 saturated carbocycles. The molecule has 0 aliphatic carbocycles. The Morgan fingerprint density at radius 1 is 0.404 bits per heavy atom. The predicted octanol–water partition coefficient (Wildman–Crippen LogP) is 13.9. The number of para-hydroxylation sites is 2. The Kier molecular flexibility index (Phi) is 7.03. The van der Waals surface area contributed by atoms with Gasteiger partial charge >= 0.3 is 0 Å². The molecule has 0 unspecified atom stereocenters. The van der Waals surface area contributed by atoms with Gasteiger partial charge in [-0.1, -0.05) is 133 Å². The van der Waals surface area contributed by atoms with Gasteiger partial charge in [0.1, 0.15) is 11.2 Å². The molecular weight excluding hydrogens is 717 g/mol. The number of hydrogen-bond donors (Lipinski definition) is 0. The zero-order valence-electron chi connectivity index (χ0n) is 30.4. The molecule has 0 amide bonds. The molecule has 8 aromatic carbocycles. The maximum atomic E-state index is 6.49. The first-order valence-corrected chi connectivity index (χ1v) is 19.8. The van der Waals surface area contributed by atoms with Gasteiger partial charge in [-0.3, -0.25) is 0 Å². The highest BCUT2D eigenvalue weighted by Crippen LogP contribution is 2.43. The lowest BCUT2D eigenvalue weighted by atomic mass is 9.99. The standard InChI is InChI=1S/C51H30N4OS/c1-3-13-31(14-4-1)49-52-50(32-15-5-2-6-16-32)54-51(53-49)38-20-12-24-45-47(38)40-30-33(25-27-44(40)56-45)34-26-28-46-39(29-34)37-19-11-23-43(48(37)57-46)55-41-21-9-7-17-35(41)36-18-8-10-22-42(36)55/h1-30H. The smallest absolute Gasteiger partial charge is 0.164 e. The van der Waals surface area contributed by atoms with Crippen molar-refractivity contribution in [3.8, 4) is 51.0 Å². The Morgan fingerprint density at radius 2 is 0.982 bits per heavy atom. The second kappa shape index (κ2) is 12.6. The van der Waals surface area contributed by atoms with Gasteiger partial charge in [-0.25, -0.2) is 15.0 Å². The van der Waals surface area contributed by atoms with Crippen LogP contribution in [0, 0.1) is 0 Å². The predicted molar refractivity (Wildman–Crippen MR) is 236 cm³/mol. The number of nitrogens with zero attached hydrogens (tertiary/aromatic N) is 4. The molecule has 6 heteroatoms. The first-order chi connectivity index (χ1) is 28.2. The van der Waals surface area contributed by atoms with E-state index in [0.717, 1.165) is 49.8 Å². The van der Waals surface area contributed by atoms with E-state index in [2.05, 4.69) is 114 Å². The highest BCUT2D eigenvalue weighted by Gasteiger charge is 2.20. The maximum absolute atomic E-state index is 6.49. The zero-order valence-corrected chi connectivity index (χ0v) is 31.2. The van der Waals surface area contributed by atoms with Gasteiger partial charge in [0.15, 0.2) is 17.5 Å². The minimum atomic E-state index is 0.603. The van der Waals surface area contributed by atoms with E-state index in [1.807, 2.05) is 84.1 Å². The van der Waals surface area contributed by atoms with Crippen LogP contribution in [0.1, 0.15) is 0 Å². The van der Waals surface area contributed by atoms with Crippen LogP contribution in [-0.4, -0.2) is 19.5 Å². The van der Waals surface area contributed by atoms with Crippen LogP contribution in [0.25, 0.3) is 115 Å². The fourth-order valence-corrected chi connectivity index (χ4v) is 9.63. The Morgan fingerprint density at radius 3 is 1.68 bits per heavy atom. The molecule has 12 rings (SSSR count). The molecule has 0 radical (unpaired) electrons. The van der Waals surface area contributed by atoms with Crippen molar-refractivity contribution in [3.63, 3.8) is 0 Å². The summed E-state index contributed by atoms with van der Waals surface area (Å²) in [6, 6.07) is 63.8. The zero-order chi connectivity index (χ0) is 37.5. The number of benzene rings is 8. The molecule has 5 nitrogen and oxygen atoms in total. The summed E-state index contributed by atoms with van der Waals surface area (Å²) in [5.74, 6) is 1.86. The van der Waals surface area contributed by atoms with Crippen molar-refractivity contribution < 1.29 is 4.42 Å². The van der Waals surface area contributed by atoms with Crippen molar-refractivity contribution in [1.82, 2.24) is 19.5 Å². The van der Waals surface area contributed by atoms with E-state index in [0.29, 0.717) is 17.5 Å². The van der Waals surface area contributed by atoms with Gasteiger partial charge in [-0.15, -0.1) is 11.3 Å². The third-order valence-electron chi connectivity index (χ3n) is 11.1. The molecule has 12 aromatic rings. The second-order valence-corrected chi connectivity index (χ2v) is 15.4. The number of fused-ring (bicyclic) bond motifs is 9. The summed E-state index contributed by atoms with van der Waals surface area (Å²) in [5, 5.41) is 7.04. The van der Waals surface area contributed by atoms with Gasteiger partial charge in [0.05, 0.1) is 21.4 Å². The number of aromatic nitrogens is 4. The van der Waals surface area contributed by atoms with E-state index in [1.54, 1.807) is 0 Å². The second-order valence-electron chi connectivity index (χ2n) is 14.4. The van der Waals surface area contributed by atoms with Crippen molar-refractivity contribution in [2.45, 2.75) is 0 Å². The topological polar surface area (TPSA) is 56.7 Å². The van der Waals surface area contributed by atoms with E-state index in [4.69, 9.17) is 19.4 Å². The molecule has 0 N–H and O–H groups in total. The van der Waals surface area contributed by atoms with Crippen LogP contribution in [0.5, 0.6) is 0 Å². The van der Waals surface area contributed by atoms with E-state index >= 15 is 0 Å². The summed E-state index contributed by atoms with van der Waals surface area (Å²) < 4.78 is 11.5. The largest absolute Gasteiger partial charge is 0.456 e. The van der Waals surface area contributed by atoms with Crippen LogP contribution in [-0.2, 0) is 0 Å². The summed E-state index contributed by atoms with van der Waals surface area (Å²) in [4.78, 5) is 15.1. The summed E-state index contributed by atoms with van der Waals surface area (Å²) in [5.41, 5.74) is 10.3. The third-order valence-corrected chi connectivity index (χ3v) is 12.3. The monoisotopic (exact) mass is 746 g/mol. The van der Waals surface area contributed by atoms with E-state index < -0.39 is 0 Å². The molecule has 0 aliphatic heterocycles.